The van der Waals surface area contributed by atoms with Gasteiger partial charge in [-0.3, -0.25) is 10.2 Å². The molecule has 0 aromatic rings. The van der Waals surface area contributed by atoms with E-state index in [0.29, 0.717) is 13.2 Å². The summed E-state index contributed by atoms with van der Waals surface area (Å²) in [6, 6.07) is 0.0584. The van der Waals surface area contributed by atoms with Crippen LogP contribution in [0.4, 0.5) is 4.79 Å². The first-order valence-electron chi connectivity index (χ1n) is 4.71. The minimum atomic E-state index is -0.227. The Morgan fingerprint density at radius 2 is 2.54 bits per heavy atom. The number of carbonyl (C=O) groups excluding carboxylic acids is 1. The molecule has 0 aliphatic carbocycles. The van der Waals surface area contributed by atoms with Crippen molar-refractivity contribution in [3.8, 4) is 0 Å². The Labute approximate surface area is 77.2 Å². The van der Waals surface area contributed by atoms with Gasteiger partial charge >= 0.3 is 6.09 Å². The lowest BCUT2D eigenvalue weighted by atomic mass is 10.2. The Kier molecular flexibility index (Phi) is 2.37. The molecule has 5 nitrogen and oxygen atoms in total. The first-order chi connectivity index (χ1) is 6.33. The molecule has 3 N–H and O–H groups in total. The third-order valence-electron chi connectivity index (χ3n) is 2.65. The molecule has 0 bridgehead atoms. The van der Waals surface area contributed by atoms with Crippen molar-refractivity contribution < 1.29 is 9.53 Å². The average Bonchev–Trinajstić information content (AvgIpc) is 2.72. The fourth-order valence-corrected chi connectivity index (χ4v) is 1.94. The van der Waals surface area contributed by atoms with Crippen LogP contribution >= 0.6 is 0 Å². The summed E-state index contributed by atoms with van der Waals surface area (Å²) >= 11 is 0. The molecule has 2 atom stereocenters. The van der Waals surface area contributed by atoms with Crippen molar-refractivity contribution in [1.29, 1.82) is 0 Å². The Bertz CT molecular complexity index is 204. The van der Waals surface area contributed by atoms with Crippen LogP contribution in [0.5, 0.6) is 0 Å². The molecule has 2 saturated heterocycles. The highest BCUT2D eigenvalue weighted by Gasteiger charge is 2.38. The summed E-state index contributed by atoms with van der Waals surface area (Å²) in [6.45, 7) is 1.89. The first kappa shape index (κ1) is 8.77. The van der Waals surface area contributed by atoms with E-state index >= 15 is 0 Å². The maximum atomic E-state index is 11.3. The van der Waals surface area contributed by atoms with Crippen LogP contribution < -0.4 is 11.1 Å². The second-order valence-electron chi connectivity index (χ2n) is 3.49. The van der Waals surface area contributed by atoms with E-state index in [1.54, 1.807) is 4.90 Å². The molecule has 74 valence electrons. The van der Waals surface area contributed by atoms with Gasteiger partial charge in [-0.15, -0.1) is 0 Å². The lowest BCUT2D eigenvalue weighted by molar-refractivity contribution is 0.140. The van der Waals surface area contributed by atoms with E-state index < -0.39 is 0 Å². The quantitative estimate of drug-likeness (QED) is 0.607. The highest BCUT2D eigenvalue weighted by atomic mass is 16.6. The van der Waals surface area contributed by atoms with E-state index in [1.165, 1.54) is 0 Å². The number of nitrogens with zero attached hydrogens (tertiary/aromatic N) is 1. The van der Waals surface area contributed by atoms with Crippen LogP contribution in [0.25, 0.3) is 0 Å². The largest absolute Gasteiger partial charge is 0.447 e. The van der Waals surface area contributed by atoms with Crippen LogP contribution in [-0.2, 0) is 4.74 Å². The zero-order valence-electron chi connectivity index (χ0n) is 7.53. The molecule has 0 aromatic heterocycles. The molecule has 0 aromatic carbocycles. The van der Waals surface area contributed by atoms with E-state index in [2.05, 4.69) is 5.32 Å². The van der Waals surface area contributed by atoms with Gasteiger partial charge in [0.05, 0.1) is 12.2 Å². The van der Waals surface area contributed by atoms with Crippen molar-refractivity contribution in [2.45, 2.75) is 25.0 Å². The minimum absolute atomic E-state index is 0.0584. The molecule has 0 saturated carbocycles. The molecule has 2 aliphatic rings. The Balaban J connectivity index is 2.04. The standard InChI is InChI=1S/C8H15N3O2/c9-4-6-5-13-8(12)11(6)7-2-1-3-10-7/h6-7,10H,1-5,9H2. The van der Waals surface area contributed by atoms with E-state index in [4.69, 9.17) is 10.5 Å². The lowest BCUT2D eigenvalue weighted by Gasteiger charge is -2.26. The van der Waals surface area contributed by atoms with Gasteiger partial charge in [0.2, 0.25) is 0 Å². The van der Waals surface area contributed by atoms with Crippen molar-refractivity contribution >= 4 is 6.09 Å². The van der Waals surface area contributed by atoms with Crippen molar-refractivity contribution in [1.82, 2.24) is 10.2 Å². The average molecular weight is 185 g/mol. The van der Waals surface area contributed by atoms with E-state index in [0.717, 1.165) is 19.4 Å². The van der Waals surface area contributed by atoms with Gasteiger partial charge in [0.25, 0.3) is 0 Å². The maximum Gasteiger partial charge on any atom is 0.411 e. The number of nitrogens with one attached hydrogen (secondary N) is 1. The third-order valence-corrected chi connectivity index (χ3v) is 2.65. The van der Waals surface area contributed by atoms with Crippen LogP contribution in [0.3, 0.4) is 0 Å². The summed E-state index contributed by atoms with van der Waals surface area (Å²) < 4.78 is 4.95. The van der Waals surface area contributed by atoms with Crippen molar-refractivity contribution in [2.75, 3.05) is 19.7 Å². The number of cyclic esters (lactones) is 1. The number of carbonyl (C=O) groups is 1. The highest BCUT2D eigenvalue weighted by Crippen LogP contribution is 2.19. The van der Waals surface area contributed by atoms with Gasteiger partial charge in [0, 0.05) is 6.54 Å². The van der Waals surface area contributed by atoms with Crippen LogP contribution in [0.1, 0.15) is 12.8 Å². The Morgan fingerprint density at radius 1 is 1.69 bits per heavy atom. The topological polar surface area (TPSA) is 67.6 Å². The number of nitrogens with two attached hydrogens (primary N) is 1. The van der Waals surface area contributed by atoms with Gasteiger partial charge in [-0.1, -0.05) is 0 Å². The fraction of sp³-hybridized carbons (Fsp3) is 0.875. The van der Waals surface area contributed by atoms with E-state index in [9.17, 15) is 4.79 Å². The second-order valence-corrected chi connectivity index (χ2v) is 3.49. The van der Waals surface area contributed by atoms with E-state index in [1.807, 2.05) is 0 Å². The van der Waals surface area contributed by atoms with Crippen molar-refractivity contribution in [3.63, 3.8) is 0 Å². The molecule has 2 rings (SSSR count). The van der Waals surface area contributed by atoms with Gasteiger partial charge in [-0.2, -0.15) is 0 Å². The summed E-state index contributed by atoms with van der Waals surface area (Å²) in [6.07, 6.45) is 2.04. The second kappa shape index (κ2) is 3.51. The van der Waals surface area contributed by atoms with Crippen molar-refractivity contribution in [2.24, 2.45) is 5.73 Å². The van der Waals surface area contributed by atoms with Gasteiger partial charge < -0.3 is 10.5 Å². The molecule has 2 fully saturated rings. The molecular formula is C8H15N3O2. The zero-order valence-corrected chi connectivity index (χ0v) is 7.53. The summed E-state index contributed by atoms with van der Waals surface area (Å²) in [5, 5.41) is 3.26. The molecule has 0 spiro atoms. The Hall–Kier alpha value is -0.810. The molecular weight excluding hydrogens is 170 g/mol. The lowest BCUT2D eigenvalue weighted by Crippen LogP contribution is -2.49. The van der Waals surface area contributed by atoms with Crippen LogP contribution in [-0.4, -0.2) is 42.9 Å². The minimum Gasteiger partial charge on any atom is -0.447 e. The smallest absolute Gasteiger partial charge is 0.411 e. The van der Waals surface area contributed by atoms with Gasteiger partial charge in [-0.25, -0.2) is 4.79 Å². The third kappa shape index (κ3) is 1.49. The number of ether oxygens (including phenoxy) is 1. The number of rotatable bonds is 2. The normalized spacial score (nSPS) is 33.9. The highest BCUT2D eigenvalue weighted by molar-refractivity contribution is 5.70. The molecule has 2 aliphatic heterocycles. The molecule has 2 heterocycles. The molecule has 5 heteroatoms. The molecule has 13 heavy (non-hydrogen) atoms. The van der Waals surface area contributed by atoms with Gasteiger partial charge in [-0.05, 0) is 19.4 Å². The zero-order chi connectivity index (χ0) is 9.26. The molecule has 1 amide bonds. The summed E-state index contributed by atoms with van der Waals surface area (Å²) in [5.41, 5.74) is 5.55. The molecule has 0 radical (unpaired) electrons. The number of hydrogen-bond acceptors (Lipinski definition) is 4. The first-order valence-corrected chi connectivity index (χ1v) is 4.71. The number of hydrogen-bond donors (Lipinski definition) is 2. The maximum absolute atomic E-state index is 11.3. The summed E-state index contributed by atoms with van der Waals surface area (Å²) in [4.78, 5) is 13.1. The fourth-order valence-electron chi connectivity index (χ4n) is 1.94. The summed E-state index contributed by atoms with van der Waals surface area (Å²) in [7, 11) is 0. The van der Waals surface area contributed by atoms with Gasteiger partial charge in [0.1, 0.15) is 6.61 Å². The van der Waals surface area contributed by atoms with Gasteiger partial charge in [0.15, 0.2) is 0 Å². The van der Waals surface area contributed by atoms with E-state index in [-0.39, 0.29) is 18.3 Å². The Morgan fingerprint density at radius 3 is 3.15 bits per heavy atom. The predicted octanol–water partition coefficient (Wildman–Crippen LogP) is -0.525. The number of amides is 1. The van der Waals surface area contributed by atoms with Crippen molar-refractivity contribution in [3.05, 3.63) is 0 Å². The molecule has 2 unspecified atom stereocenters. The predicted molar refractivity (Wildman–Crippen MR) is 47.1 cm³/mol. The summed E-state index contributed by atoms with van der Waals surface area (Å²) in [5.74, 6) is 0. The van der Waals surface area contributed by atoms with Crippen LogP contribution in [0.15, 0.2) is 0 Å². The monoisotopic (exact) mass is 185 g/mol. The SMILES string of the molecule is NCC1COC(=O)N1C1CCCN1. The van der Waals surface area contributed by atoms with Crippen LogP contribution in [0, 0.1) is 0 Å². The van der Waals surface area contributed by atoms with Crippen LogP contribution in [0.2, 0.25) is 0 Å².